The van der Waals surface area contributed by atoms with Crippen LogP contribution in [0.4, 0.5) is 11.4 Å². The summed E-state index contributed by atoms with van der Waals surface area (Å²) in [5.74, 6) is -0.356. The van der Waals surface area contributed by atoms with E-state index in [4.69, 9.17) is 0 Å². The smallest absolute Gasteiger partial charge is 0.251 e. The van der Waals surface area contributed by atoms with Gasteiger partial charge in [0.25, 0.3) is 5.91 Å². The SMILES string of the molecule is CNC(=O)c1ccc(NC(=O)/C=C/c2ccc(N3CCCCCC3)cc2)cc1. The summed E-state index contributed by atoms with van der Waals surface area (Å²) < 4.78 is 0. The number of amides is 2. The molecule has 28 heavy (non-hydrogen) atoms. The Morgan fingerprint density at radius 2 is 1.54 bits per heavy atom. The lowest BCUT2D eigenvalue weighted by Gasteiger charge is -2.22. The molecule has 1 heterocycles. The van der Waals surface area contributed by atoms with E-state index in [1.807, 2.05) is 12.1 Å². The summed E-state index contributed by atoms with van der Waals surface area (Å²) in [5, 5.41) is 5.37. The highest BCUT2D eigenvalue weighted by Crippen LogP contribution is 2.20. The zero-order valence-electron chi connectivity index (χ0n) is 16.3. The molecule has 5 nitrogen and oxygen atoms in total. The second kappa shape index (κ2) is 9.74. The Morgan fingerprint density at radius 3 is 2.14 bits per heavy atom. The lowest BCUT2D eigenvalue weighted by molar-refractivity contribution is -0.111. The van der Waals surface area contributed by atoms with Crippen molar-refractivity contribution in [2.75, 3.05) is 30.4 Å². The van der Waals surface area contributed by atoms with Gasteiger partial charge >= 0.3 is 0 Å². The van der Waals surface area contributed by atoms with Gasteiger partial charge in [0.2, 0.25) is 5.91 Å². The normalized spacial score (nSPS) is 14.5. The molecule has 2 aromatic carbocycles. The van der Waals surface area contributed by atoms with Crippen molar-refractivity contribution < 1.29 is 9.59 Å². The minimum atomic E-state index is -0.204. The number of carbonyl (C=O) groups excluding carboxylic acids is 2. The maximum absolute atomic E-state index is 12.1. The van der Waals surface area contributed by atoms with E-state index >= 15 is 0 Å². The molecule has 0 aromatic heterocycles. The van der Waals surface area contributed by atoms with Gasteiger partial charge in [0.1, 0.15) is 0 Å². The molecule has 1 aliphatic heterocycles. The molecule has 0 spiro atoms. The third-order valence-corrected chi connectivity index (χ3v) is 4.93. The standard InChI is InChI=1S/C23H27N3O2/c1-24-23(28)19-9-11-20(12-10-19)25-22(27)15-8-18-6-13-21(14-7-18)26-16-4-2-3-5-17-26/h6-15H,2-5,16-17H2,1H3,(H,24,28)(H,25,27)/b15-8+. The molecular weight excluding hydrogens is 350 g/mol. The zero-order valence-corrected chi connectivity index (χ0v) is 16.3. The van der Waals surface area contributed by atoms with Crippen molar-refractivity contribution >= 4 is 29.3 Å². The topological polar surface area (TPSA) is 61.4 Å². The molecule has 0 saturated carbocycles. The third kappa shape index (κ3) is 5.46. The van der Waals surface area contributed by atoms with Crippen LogP contribution in [0.15, 0.2) is 54.6 Å². The second-order valence-corrected chi connectivity index (χ2v) is 6.97. The molecule has 0 radical (unpaired) electrons. The summed E-state index contributed by atoms with van der Waals surface area (Å²) in [4.78, 5) is 26.1. The van der Waals surface area contributed by atoms with Crippen molar-refractivity contribution in [2.45, 2.75) is 25.7 Å². The van der Waals surface area contributed by atoms with E-state index in [0.717, 1.165) is 18.7 Å². The fourth-order valence-electron chi connectivity index (χ4n) is 3.33. The van der Waals surface area contributed by atoms with Gasteiger partial charge in [0.05, 0.1) is 0 Å². The minimum Gasteiger partial charge on any atom is -0.372 e. The number of nitrogens with zero attached hydrogens (tertiary/aromatic N) is 1. The van der Waals surface area contributed by atoms with Gasteiger partial charge in [-0.1, -0.05) is 25.0 Å². The predicted molar refractivity (Wildman–Crippen MR) is 115 cm³/mol. The maximum atomic E-state index is 12.1. The van der Waals surface area contributed by atoms with Crippen LogP contribution >= 0.6 is 0 Å². The third-order valence-electron chi connectivity index (χ3n) is 4.93. The zero-order chi connectivity index (χ0) is 19.8. The van der Waals surface area contributed by atoms with Gasteiger partial charge in [-0.3, -0.25) is 9.59 Å². The molecule has 1 aliphatic rings. The number of hydrogen-bond donors (Lipinski definition) is 2. The van der Waals surface area contributed by atoms with Gasteiger partial charge < -0.3 is 15.5 Å². The van der Waals surface area contributed by atoms with Gasteiger partial charge in [0, 0.05) is 43.2 Å². The molecule has 0 unspecified atom stereocenters. The number of rotatable bonds is 5. The van der Waals surface area contributed by atoms with Crippen LogP contribution in [0, 0.1) is 0 Å². The van der Waals surface area contributed by atoms with E-state index in [0.29, 0.717) is 11.3 Å². The number of carbonyl (C=O) groups is 2. The van der Waals surface area contributed by atoms with Crippen LogP contribution in [-0.4, -0.2) is 32.0 Å². The van der Waals surface area contributed by atoms with E-state index in [1.165, 1.54) is 37.4 Å². The Hall–Kier alpha value is -3.08. The van der Waals surface area contributed by atoms with Crippen LogP contribution < -0.4 is 15.5 Å². The Labute approximate surface area is 166 Å². The molecule has 0 atom stereocenters. The van der Waals surface area contributed by atoms with E-state index in [9.17, 15) is 9.59 Å². The van der Waals surface area contributed by atoms with E-state index < -0.39 is 0 Å². The average molecular weight is 377 g/mol. The fraction of sp³-hybridized carbons (Fsp3) is 0.304. The van der Waals surface area contributed by atoms with Crippen LogP contribution in [0.1, 0.15) is 41.6 Å². The van der Waals surface area contributed by atoms with Crippen LogP contribution in [0.2, 0.25) is 0 Å². The van der Waals surface area contributed by atoms with Crippen molar-refractivity contribution in [1.82, 2.24) is 5.32 Å². The lowest BCUT2D eigenvalue weighted by Crippen LogP contribution is -2.23. The van der Waals surface area contributed by atoms with Crippen LogP contribution in [0.5, 0.6) is 0 Å². The number of anilines is 2. The van der Waals surface area contributed by atoms with Gasteiger partial charge in [-0.05, 0) is 60.9 Å². The summed E-state index contributed by atoms with van der Waals surface area (Å²) in [6.07, 6.45) is 8.48. The van der Waals surface area contributed by atoms with Crippen LogP contribution in [0.25, 0.3) is 6.08 Å². The van der Waals surface area contributed by atoms with Crippen LogP contribution in [-0.2, 0) is 4.79 Å². The summed E-state index contributed by atoms with van der Waals surface area (Å²) in [6.45, 7) is 2.24. The molecule has 1 fully saturated rings. The van der Waals surface area contributed by atoms with Gasteiger partial charge in [-0.15, -0.1) is 0 Å². The molecule has 3 rings (SSSR count). The highest BCUT2D eigenvalue weighted by molar-refractivity contribution is 6.02. The number of hydrogen-bond acceptors (Lipinski definition) is 3. The van der Waals surface area contributed by atoms with E-state index in [-0.39, 0.29) is 11.8 Å². The molecular formula is C23H27N3O2. The Kier molecular flexibility index (Phi) is 6.84. The Balaban J connectivity index is 1.55. The highest BCUT2D eigenvalue weighted by Gasteiger charge is 2.09. The summed E-state index contributed by atoms with van der Waals surface area (Å²) in [7, 11) is 1.59. The number of benzene rings is 2. The molecule has 0 aliphatic carbocycles. The predicted octanol–water partition coefficient (Wildman–Crippen LogP) is 4.08. The summed E-state index contributed by atoms with van der Waals surface area (Å²) in [6, 6.07) is 15.1. The Bertz CT molecular complexity index is 818. The van der Waals surface area contributed by atoms with Gasteiger partial charge in [0.15, 0.2) is 0 Å². The van der Waals surface area contributed by atoms with Crippen molar-refractivity contribution in [1.29, 1.82) is 0 Å². The van der Waals surface area contributed by atoms with Crippen molar-refractivity contribution in [3.63, 3.8) is 0 Å². The minimum absolute atomic E-state index is 0.151. The summed E-state index contributed by atoms with van der Waals surface area (Å²) in [5.41, 5.74) is 3.45. The van der Waals surface area contributed by atoms with Crippen molar-refractivity contribution in [3.8, 4) is 0 Å². The lowest BCUT2D eigenvalue weighted by atomic mass is 10.1. The first-order chi connectivity index (χ1) is 13.7. The molecule has 0 bridgehead atoms. The monoisotopic (exact) mass is 377 g/mol. The van der Waals surface area contributed by atoms with Gasteiger partial charge in [-0.25, -0.2) is 0 Å². The number of nitrogens with one attached hydrogen (secondary N) is 2. The molecule has 146 valence electrons. The van der Waals surface area contributed by atoms with Crippen molar-refractivity contribution in [2.24, 2.45) is 0 Å². The van der Waals surface area contributed by atoms with Gasteiger partial charge in [-0.2, -0.15) is 0 Å². The summed E-state index contributed by atoms with van der Waals surface area (Å²) >= 11 is 0. The van der Waals surface area contributed by atoms with Crippen molar-refractivity contribution in [3.05, 3.63) is 65.7 Å². The highest BCUT2D eigenvalue weighted by atomic mass is 16.2. The first-order valence-electron chi connectivity index (χ1n) is 9.82. The maximum Gasteiger partial charge on any atom is 0.251 e. The molecule has 2 aromatic rings. The van der Waals surface area contributed by atoms with Crippen LogP contribution in [0.3, 0.4) is 0 Å². The first-order valence-corrected chi connectivity index (χ1v) is 9.82. The first kappa shape index (κ1) is 19.7. The molecule has 5 heteroatoms. The average Bonchev–Trinajstić information content (AvgIpc) is 3.02. The van der Waals surface area contributed by atoms with E-state index in [2.05, 4.69) is 27.7 Å². The molecule has 2 amide bonds. The molecule has 1 saturated heterocycles. The largest absolute Gasteiger partial charge is 0.372 e. The fourth-order valence-corrected chi connectivity index (χ4v) is 3.33. The quantitative estimate of drug-likeness (QED) is 0.772. The van der Waals surface area contributed by atoms with E-state index in [1.54, 1.807) is 37.4 Å². The Morgan fingerprint density at radius 1 is 0.893 bits per heavy atom. The second-order valence-electron chi connectivity index (χ2n) is 6.97. The molecule has 2 N–H and O–H groups in total.